The SMILES string of the molecule is CCc1ccc(N(C)C)c(N(C)C=O)c1. The fourth-order valence-corrected chi connectivity index (χ4v) is 1.51. The Labute approximate surface area is 91.3 Å². The lowest BCUT2D eigenvalue weighted by Crippen LogP contribution is -2.19. The van der Waals surface area contributed by atoms with Crippen molar-refractivity contribution >= 4 is 17.8 Å². The van der Waals surface area contributed by atoms with E-state index < -0.39 is 0 Å². The minimum absolute atomic E-state index is 0.835. The van der Waals surface area contributed by atoms with Gasteiger partial charge in [-0.05, 0) is 24.1 Å². The molecule has 0 N–H and O–H groups in total. The lowest BCUT2D eigenvalue weighted by atomic mass is 10.1. The van der Waals surface area contributed by atoms with Crippen molar-refractivity contribution in [3.05, 3.63) is 23.8 Å². The average molecular weight is 206 g/mol. The summed E-state index contributed by atoms with van der Waals surface area (Å²) in [6.45, 7) is 2.11. The number of benzene rings is 1. The lowest BCUT2D eigenvalue weighted by Gasteiger charge is -2.22. The van der Waals surface area contributed by atoms with E-state index in [1.807, 2.05) is 25.1 Å². The summed E-state index contributed by atoms with van der Waals surface area (Å²) in [6, 6.07) is 6.20. The van der Waals surface area contributed by atoms with Crippen molar-refractivity contribution in [3.8, 4) is 0 Å². The van der Waals surface area contributed by atoms with E-state index in [2.05, 4.69) is 19.1 Å². The molecule has 1 aromatic carbocycles. The predicted octanol–water partition coefficient (Wildman–Crippen LogP) is 1.91. The monoisotopic (exact) mass is 206 g/mol. The Morgan fingerprint density at radius 3 is 2.33 bits per heavy atom. The number of rotatable bonds is 4. The minimum Gasteiger partial charge on any atom is -0.376 e. The zero-order valence-corrected chi connectivity index (χ0v) is 9.82. The second-order valence-corrected chi connectivity index (χ2v) is 3.79. The maximum atomic E-state index is 10.8. The van der Waals surface area contributed by atoms with E-state index >= 15 is 0 Å². The summed E-state index contributed by atoms with van der Waals surface area (Å²) in [6.07, 6.45) is 1.81. The van der Waals surface area contributed by atoms with Crippen LogP contribution in [-0.2, 0) is 11.2 Å². The number of amides is 1. The Kier molecular flexibility index (Phi) is 3.72. The van der Waals surface area contributed by atoms with Gasteiger partial charge in [0.05, 0.1) is 11.4 Å². The zero-order valence-electron chi connectivity index (χ0n) is 9.82. The fourth-order valence-electron chi connectivity index (χ4n) is 1.51. The lowest BCUT2D eigenvalue weighted by molar-refractivity contribution is -0.107. The van der Waals surface area contributed by atoms with Crippen molar-refractivity contribution in [2.75, 3.05) is 30.9 Å². The van der Waals surface area contributed by atoms with Gasteiger partial charge in [0.25, 0.3) is 0 Å². The van der Waals surface area contributed by atoms with Crippen LogP contribution in [0.4, 0.5) is 11.4 Å². The molecule has 0 saturated heterocycles. The van der Waals surface area contributed by atoms with E-state index in [-0.39, 0.29) is 0 Å². The summed E-state index contributed by atoms with van der Waals surface area (Å²) in [5, 5.41) is 0. The van der Waals surface area contributed by atoms with Gasteiger partial charge in [-0.2, -0.15) is 0 Å². The highest BCUT2D eigenvalue weighted by molar-refractivity contribution is 5.83. The largest absolute Gasteiger partial charge is 0.376 e. The van der Waals surface area contributed by atoms with Gasteiger partial charge in [0.15, 0.2) is 0 Å². The second-order valence-electron chi connectivity index (χ2n) is 3.79. The maximum absolute atomic E-state index is 10.8. The molecule has 3 nitrogen and oxygen atoms in total. The van der Waals surface area contributed by atoms with Crippen LogP contribution in [0.5, 0.6) is 0 Å². The quantitative estimate of drug-likeness (QED) is 0.702. The first kappa shape index (κ1) is 11.6. The van der Waals surface area contributed by atoms with Crippen LogP contribution in [0.3, 0.4) is 0 Å². The molecule has 0 aliphatic carbocycles. The molecular weight excluding hydrogens is 188 g/mol. The van der Waals surface area contributed by atoms with Crippen molar-refractivity contribution in [1.29, 1.82) is 0 Å². The summed E-state index contributed by atoms with van der Waals surface area (Å²) in [5.41, 5.74) is 3.25. The van der Waals surface area contributed by atoms with E-state index in [0.29, 0.717) is 0 Å². The van der Waals surface area contributed by atoms with Crippen LogP contribution in [0.1, 0.15) is 12.5 Å². The van der Waals surface area contributed by atoms with Crippen molar-refractivity contribution in [2.24, 2.45) is 0 Å². The van der Waals surface area contributed by atoms with E-state index in [1.165, 1.54) is 5.56 Å². The number of anilines is 2. The third kappa shape index (κ3) is 2.49. The molecule has 0 fully saturated rings. The number of carbonyl (C=O) groups is 1. The molecule has 3 heteroatoms. The molecule has 1 rings (SSSR count). The number of aryl methyl sites for hydroxylation is 1. The molecule has 0 heterocycles. The van der Waals surface area contributed by atoms with Gasteiger partial charge in [-0.1, -0.05) is 13.0 Å². The Bertz CT molecular complexity index is 347. The number of carbonyl (C=O) groups excluding carboxylic acids is 1. The van der Waals surface area contributed by atoms with E-state index in [0.717, 1.165) is 24.2 Å². The summed E-state index contributed by atoms with van der Waals surface area (Å²) in [4.78, 5) is 14.4. The van der Waals surface area contributed by atoms with Crippen LogP contribution in [0.25, 0.3) is 0 Å². The average Bonchev–Trinajstić information content (AvgIpc) is 2.26. The third-order valence-corrected chi connectivity index (χ3v) is 2.47. The number of hydrogen-bond acceptors (Lipinski definition) is 2. The zero-order chi connectivity index (χ0) is 11.4. The fraction of sp³-hybridized carbons (Fsp3) is 0.417. The van der Waals surface area contributed by atoms with Gasteiger partial charge in [0.1, 0.15) is 0 Å². The van der Waals surface area contributed by atoms with Crippen LogP contribution in [0.2, 0.25) is 0 Å². The molecule has 1 amide bonds. The Hall–Kier alpha value is -1.51. The predicted molar refractivity (Wildman–Crippen MR) is 64.6 cm³/mol. The molecule has 0 bridgehead atoms. The Balaban J connectivity index is 3.22. The van der Waals surface area contributed by atoms with Crippen LogP contribution >= 0.6 is 0 Å². The molecule has 0 aliphatic rings. The highest BCUT2D eigenvalue weighted by atomic mass is 16.1. The smallest absolute Gasteiger partial charge is 0.213 e. The topological polar surface area (TPSA) is 23.6 Å². The summed E-state index contributed by atoms with van der Waals surface area (Å²) < 4.78 is 0. The molecule has 0 radical (unpaired) electrons. The van der Waals surface area contributed by atoms with Crippen molar-refractivity contribution in [3.63, 3.8) is 0 Å². The first-order valence-corrected chi connectivity index (χ1v) is 5.08. The van der Waals surface area contributed by atoms with Gasteiger partial charge in [-0.15, -0.1) is 0 Å². The third-order valence-electron chi connectivity index (χ3n) is 2.47. The number of nitrogens with zero attached hydrogens (tertiary/aromatic N) is 2. The highest BCUT2D eigenvalue weighted by Gasteiger charge is 2.08. The normalized spacial score (nSPS) is 9.87. The Morgan fingerprint density at radius 1 is 1.20 bits per heavy atom. The van der Waals surface area contributed by atoms with Gasteiger partial charge in [-0.25, -0.2) is 0 Å². The summed E-state index contributed by atoms with van der Waals surface area (Å²) in [7, 11) is 5.72. The van der Waals surface area contributed by atoms with E-state index in [4.69, 9.17) is 0 Å². The molecule has 82 valence electrons. The summed E-state index contributed by atoms with van der Waals surface area (Å²) >= 11 is 0. The van der Waals surface area contributed by atoms with Crippen molar-refractivity contribution in [1.82, 2.24) is 0 Å². The molecule has 1 aromatic rings. The van der Waals surface area contributed by atoms with Crippen LogP contribution in [0, 0.1) is 0 Å². The van der Waals surface area contributed by atoms with Gasteiger partial charge >= 0.3 is 0 Å². The molecule has 0 saturated carbocycles. The van der Waals surface area contributed by atoms with Crippen LogP contribution < -0.4 is 9.80 Å². The van der Waals surface area contributed by atoms with Crippen molar-refractivity contribution in [2.45, 2.75) is 13.3 Å². The Morgan fingerprint density at radius 2 is 1.87 bits per heavy atom. The van der Waals surface area contributed by atoms with E-state index in [1.54, 1.807) is 11.9 Å². The van der Waals surface area contributed by atoms with Gasteiger partial charge in [0.2, 0.25) is 6.41 Å². The molecular formula is C12H18N2O. The van der Waals surface area contributed by atoms with E-state index in [9.17, 15) is 4.79 Å². The van der Waals surface area contributed by atoms with Gasteiger partial charge < -0.3 is 9.80 Å². The van der Waals surface area contributed by atoms with Gasteiger partial charge in [-0.3, -0.25) is 4.79 Å². The maximum Gasteiger partial charge on any atom is 0.213 e. The standard InChI is InChI=1S/C12H18N2O/c1-5-10-6-7-11(13(2)3)12(8-10)14(4)9-15/h6-9H,5H2,1-4H3. The molecule has 15 heavy (non-hydrogen) atoms. The molecule has 0 aliphatic heterocycles. The van der Waals surface area contributed by atoms with Crippen LogP contribution in [0.15, 0.2) is 18.2 Å². The first-order chi connectivity index (χ1) is 7.10. The molecule has 0 unspecified atom stereocenters. The molecule has 0 spiro atoms. The van der Waals surface area contributed by atoms with Crippen LogP contribution in [-0.4, -0.2) is 27.6 Å². The molecule has 0 atom stereocenters. The first-order valence-electron chi connectivity index (χ1n) is 5.08. The van der Waals surface area contributed by atoms with Gasteiger partial charge in [0, 0.05) is 21.1 Å². The van der Waals surface area contributed by atoms with Crippen molar-refractivity contribution < 1.29 is 4.79 Å². The highest BCUT2D eigenvalue weighted by Crippen LogP contribution is 2.28. The number of hydrogen-bond donors (Lipinski definition) is 0. The second kappa shape index (κ2) is 4.82. The minimum atomic E-state index is 0.835. The summed E-state index contributed by atoms with van der Waals surface area (Å²) in [5.74, 6) is 0. The molecule has 0 aromatic heterocycles.